The summed E-state index contributed by atoms with van der Waals surface area (Å²) in [7, 11) is 1.56. The second kappa shape index (κ2) is 10.6. The van der Waals surface area contributed by atoms with Gasteiger partial charge in [-0.05, 0) is 48.5 Å². The average molecular weight is 522 g/mol. The van der Waals surface area contributed by atoms with Crippen molar-refractivity contribution in [1.82, 2.24) is 4.98 Å². The van der Waals surface area contributed by atoms with Crippen LogP contribution in [0.4, 0.5) is 22.0 Å². The topological polar surface area (TPSA) is 137 Å². The van der Waals surface area contributed by atoms with Gasteiger partial charge in [0.25, 0.3) is 0 Å². The van der Waals surface area contributed by atoms with Crippen LogP contribution in [0, 0.1) is 17.0 Å². The summed E-state index contributed by atoms with van der Waals surface area (Å²) in [5.74, 6) is 0.710. The number of carbonyl (C=O) groups is 2. The van der Waals surface area contributed by atoms with E-state index in [9.17, 15) is 19.7 Å². The van der Waals surface area contributed by atoms with Crippen LogP contribution in [0.1, 0.15) is 30.4 Å². The van der Waals surface area contributed by atoms with Gasteiger partial charge in [0.05, 0.1) is 31.3 Å². The third-order valence-electron chi connectivity index (χ3n) is 6.80. The SMILES string of the molecule is COc1ccc(N(C(=O)OCC2=CN=C([N+](=O)[O-])C2)c2cc3c(cn2)CC(=O)N3C2CCOCC2)c(C)c1. The number of aryl methyl sites for hydroxylation is 1. The summed E-state index contributed by atoms with van der Waals surface area (Å²) in [6, 6.07) is 7.00. The number of nitro groups is 1. The zero-order valence-electron chi connectivity index (χ0n) is 21.1. The standard InChI is InChI=1S/C26H27N5O7/c1-16-9-20(36-2)3-4-21(16)30(26(33)38-15-17-10-24(27-13-17)31(34)35)23-12-22-18(14-28-23)11-25(32)29(22)19-5-7-37-8-6-19/h3-4,9,12-14,19H,5-8,10-11,15H2,1-2H3. The normalized spacial score (nSPS) is 17.1. The molecule has 38 heavy (non-hydrogen) atoms. The molecule has 1 aromatic carbocycles. The molecule has 3 aliphatic heterocycles. The van der Waals surface area contributed by atoms with Crippen LogP contribution in [0.5, 0.6) is 5.75 Å². The molecule has 0 saturated carbocycles. The van der Waals surface area contributed by atoms with Gasteiger partial charge in [0.2, 0.25) is 5.91 Å². The summed E-state index contributed by atoms with van der Waals surface area (Å²) in [6.45, 7) is 2.84. The van der Waals surface area contributed by atoms with Gasteiger partial charge < -0.3 is 29.2 Å². The third kappa shape index (κ3) is 4.94. The molecule has 0 N–H and O–H groups in total. The fraction of sp³-hybridized carbons (Fsp3) is 0.385. The van der Waals surface area contributed by atoms with E-state index in [1.54, 1.807) is 42.5 Å². The summed E-state index contributed by atoms with van der Waals surface area (Å²) < 4.78 is 16.4. The first-order valence-electron chi connectivity index (χ1n) is 12.2. The number of hydrogen-bond acceptors (Lipinski definition) is 9. The van der Waals surface area contributed by atoms with Crippen LogP contribution in [-0.4, -0.2) is 60.7 Å². The van der Waals surface area contributed by atoms with Crippen molar-refractivity contribution in [3.05, 3.63) is 63.5 Å². The molecule has 0 radical (unpaired) electrons. The Hall–Kier alpha value is -4.32. The van der Waals surface area contributed by atoms with Crippen LogP contribution in [-0.2, 0) is 20.7 Å². The Bertz CT molecular complexity index is 1350. The number of aromatic nitrogens is 1. The van der Waals surface area contributed by atoms with Gasteiger partial charge in [-0.2, -0.15) is 0 Å². The van der Waals surface area contributed by atoms with Crippen molar-refractivity contribution in [2.24, 2.45) is 4.99 Å². The third-order valence-corrected chi connectivity index (χ3v) is 6.80. The Morgan fingerprint density at radius 3 is 2.74 bits per heavy atom. The molecule has 0 aliphatic carbocycles. The molecule has 1 aromatic heterocycles. The summed E-state index contributed by atoms with van der Waals surface area (Å²) in [5, 5.41) is 11.0. The highest BCUT2D eigenvalue weighted by Crippen LogP contribution is 2.38. The predicted molar refractivity (Wildman–Crippen MR) is 138 cm³/mol. The van der Waals surface area contributed by atoms with Crippen molar-refractivity contribution < 1.29 is 28.7 Å². The zero-order chi connectivity index (χ0) is 26.8. The van der Waals surface area contributed by atoms with Gasteiger partial charge in [-0.25, -0.2) is 14.7 Å². The number of nitrogens with zero attached hydrogens (tertiary/aromatic N) is 5. The zero-order valence-corrected chi connectivity index (χ0v) is 21.1. The van der Waals surface area contributed by atoms with E-state index >= 15 is 0 Å². The molecular weight excluding hydrogens is 494 g/mol. The van der Waals surface area contributed by atoms with Gasteiger partial charge in [-0.1, -0.05) is 4.99 Å². The van der Waals surface area contributed by atoms with E-state index in [1.165, 1.54) is 11.1 Å². The molecule has 2 amide bonds. The predicted octanol–water partition coefficient (Wildman–Crippen LogP) is 3.70. The monoisotopic (exact) mass is 521 g/mol. The molecule has 3 aliphatic rings. The number of hydrogen-bond donors (Lipinski definition) is 0. The molecule has 5 rings (SSSR count). The van der Waals surface area contributed by atoms with E-state index in [2.05, 4.69) is 9.98 Å². The Kier molecular flexibility index (Phi) is 7.05. The molecule has 0 unspecified atom stereocenters. The van der Waals surface area contributed by atoms with Crippen LogP contribution in [0.15, 0.2) is 47.2 Å². The van der Waals surface area contributed by atoms with E-state index in [1.807, 2.05) is 6.92 Å². The molecule has 4 heterocycles. The first-order chi connectivity index (χ1) is 18.4. The molecule has 2 aromatic rings. The highest BCUT2D eigenvalue weighted by Gasteiger charge is 2.36. The number of pyridine rings is 1. The molecule has 12 nitrogen and oxygen atoms in total. The van der Waals surface area contributed by atoms with Crippen LogP contribution >= 0.6 is 0 Å². The van der Waals surface area contributed by atoms with Crippen molar-refractivity contribution >= 4 is 35.0 Å². The first kappa shape index (κ1) is 25.3. The fourth-order valence-corrected chi connectivity index (χ4v) is 4.87. The van der Waals surface area contributed by atoms with Gasteiger partial charge in [0.15, 0.2) is 0 Å². The van der Waals surface area contributed by atoms with Crippen molar-refractivity contribution in [2.45, 2.75) is 38.6 Å². The first-order valence-corrected chi connectivity index (χ1v) is 12.2. The van der Waals surface area contributed by atoms with E-state index in [0.29, 0.717) is 30.2 Å². The summed E-state index contributed by atoms with van der Waals surface area (Å²) in [4.78, 5) is 48.3. The minimum Gasteiger partial charge on any atom is -0.497 e. The van der Waals surface area contributed by atoms with Crippen LogP contribution in [0.25, 0.3) is 0 Å². The fourth-order valence-electron chi connectivity index (χ4n) is 4.87. The van der Waals surface area contributed by atoms with Crippen molar-refractivity contribution in [3.63, 3.8) is 0 Å². The van der Waals surface area contributed by atoms with E-state index in [4.69, 9.17) is 14.2 Å². The number of fused-ring (bicyclic) bond motifs is 1. The highest BCUT2D eigenvalue weighted by atomic mass is 16.6. The van der Waals surface area contributed by atoms with Gasteiger partial charge in [0.1, 0.15) is 24.4 Å². The van der Waals surface area contributed by atoms with Crippen LogP contribution < -0.4 is 14.5 Å². The van der Waals surface area contributed by atoms with Crippen molar-refractivity contribution in [3.8, 4) is 5.75 Å². The van der Waals surface area contributed by atoms with E-state index < -0.39 is 11.0 Å². The van der Waals surface area contributed by atoms with Crippen LogP contribution in [0.2, 0.25) is 0 Å². The second-order valence-corrected chi connectivity index (χ2v) is 9.26. The van der Waals surface area contributed by atoms with Gasteiger partial charge >= 0.3 is 11.9 Å². The summed E-state index contributed by atoms with van der Waals surface area (Å²) in [6.07, 6.45) is 3.96. The minimum absolute atomic E-state index is 0.00110. The highest BCUT2D eigenvalue weighted by molar-refractivity contribution is 6.03. The van der Waals surface area contributed by atoms with Gasteiger partial charge in [-0.15, -0.1) is 0 Å². The maximum absolute atomic E-state index is 13.5. The van der Waals surface area contributed by atoms with Gasteiger partial charge in [-0.3, -0.25) is 4.79 Å². The Morgan fingerprint density at radius 2 is 2.05 bits per heavy atom. The summed E-state index contributed by atoms with van der Waals surface area (Å²) >= 11 is 0. The molecule has 1 saturated heterocycles. The second-order valence-electron chi connectivity index (χ2n) is 9.26. The number of rotatable bonds is 6. The quantitative estimate of drug-likeness (QED) is 0.414. The smallest absolute Gasteiger partial charge is 0.420 e. The van der Waals surface area contributed by atoms with Gasteiger partial charge in [0, 0.05) is 42.7 Å². The number of amidine groups is 1. The number of benzene rings is 1. The lowest BCUT2D eigenvalue weighted by Gasteiger charge is -2.32. The number of aliphatic imine (C=N–C) groups is 1. The maximum atomic E-state index is 13.5. The lowest BCUT2D eigenvalue weighted by atomic mass is 10.1. The largest absolute Gasteiger partial charge is 0.497 e. The number of methoxy groups -OCH3 is 1. The Morgan fingerprint density at radius 1 is 1.26 bits per heavy atom. The van der Waals surface area contributed by atoms with Crippen molar-refractivity contribution in [2.75, 3.05) is 36.7 Å². The number of anilines is 3. The summed E-state index contributed by atoms with van der Waals surface area (Å²) in [5.41, 5.74) is 3.28. The van der Waals surface area contributed by atoms with Crippen LogP contribution in [0.3, 0.4) is 0 Å². The molecular formula is C26H27N5O7. The maximum Gasteiger partial charge on any atom is 0.420 e. The minimum atomic E-state index is -0.719. The average Bonchev–Trinajstić information content (AvgIpc) is 3.53. The molecule has 0 bridgehead atoms. The molecule has 1 fully saturated rings. The molecule has 12 heteroatoms. The number of carbonyl (C=O) groups excluding carboxylic acids is 2. The van der Waals surface area contributed by atoms with E-state index in [0.717, 1.165) is 29.7 Å². The number of ether oxygens (including phenoxy) is 3. The molecule has 0 spiro atoms. The molecule has 0 atom stereocenters. The van der Waals surface area contributed by atoms with E-state index in [-0.39, 0.29) is 43.1 Å². The lowest BCUT2D eigenvalue weighted by molar-refractivity contribution is -0.352. The Balaban J connectivity index is 1.46. The Labute approximate surface area is 218 Å². The van der Waals surface area contributed by atoms with Crippen molar-refractivity contribution in [1.29, 1.82) is 0 Å². The number of amides is 2. The molecule has 198 valence electrons. The lowest BCUT2D eigenvalue weighted by Crippen LogP contribution is -2.41.